The molecule has 8 heteroatoms. The maximum atomic E-state index is 13.2. The van der Waals surface area contributed by atoms with Crippen LogP contribution >= 0.6 is 0 Å². The maximum Gasteiger partial charge on any atom is 0.259 e. The van der Waals surface area contributed by atoms with Gasteiger partial charge in [0.05, 0.1) is 7.11 Å². The van der Waals surface area contributed by atoms with Crippen LogP contribution in [0.25, 0.3) is 0 Å². The number of likely N-dealkylation sites (tertiary alicyclic amines) is 1. The van der Waals surface area contributed by atoms with Crippen LogP contribution < -0.4 is 4.74 Å². The summed E-state index contributed by atoms with van der Waals surface area (Å²) >= 11 is 0. The number of aryl methyl sites for hydroxylation is 1. The Labute approximate surface area is 206 Å². The molecule has 0 spiro atoms. The molecule has 3 heterocycles. The zero-order chi connectivity index (χ0) is 24.8. The van der Waals surface area contributed by atoms with Crippen LogP contribution in [0.2, 0.25) is 0 Å². The lowest BCUT2D eigenvalue weighted by Gasteiger charge is -2.40. The predicted molar refractivity (Wildman–Crippen MR) is 133 cm³/mol. The van der Waals surface area contributed by atoms with Gasteiger partial charge in [-0.1, -0.05) is 24.3 Å². The van der Waals surface area contributed by atoms with E-state index < -0.39 is 0 Å². The minimum absolute atomic E-state index is 0.0318. The molecule has 184 valence electrons. The molecule has 4 rings (SSSR count). The summed E-state index contributed by atoms with van der Waals surface area (Å²) in [4.78, 5) is 34.2. The van der Waals surface area contributed by atoms with Crippen molar-refractivity contribution in [2.24, 2.45) is 5.92 Å². The third-order valence-electron chi connectivity index (χ3n) is 7.00. The maximum absolute atomic E-state index is 13.2. The Morgan fingerprint density at radius 3 is 2.57 bits per heavy atom. The number of methoxy groups -OCH3 is 1. The zero-order valence-corrected chi connectivity index (χ0v) is 20.6. The zero-order valence-electron chi connectivity index (χ0n) is 20.6. The second-order valence-electron chi connectivity index (χ2n) is 9.10. The van der Waals surface area contributed by atoms with Crippen molar-refractivity contribution in [1.82, 2.24) is 24.6 Å². The van der Waals surface area contributed by atoms with E-state index in [4.69, 9.17) is 4.74 Å². The van der Waals surface area contributed by atoms with Gasteiger partial charge in [-0.25, -0.2) is 4.98 Å². The first kappa shape index (κ1) is 24.4. The Bertz CT molecular complexity index is 1140. The number of aromatic nitrogens is 3. The van der Waals surface area contributed by atoms with Gasteiger partial charge in [-0.15, -0.1) is 0 Å². The van der Waals surface area contributed by atoms with E-state index in [1.165, 1.54) is 18.2 Å². The molecule has 8 nitrogen and oxygen atoms in total. The summed E-state index contributed by atoms with van der Waals surface area (Å²) in [5, 5.41) is 4.19. The van der Waals surface area contributed by atoms with Crippen LogP contribution in [0.5, 0.6) is 5.88 Å². The number of benzene rings is 1. The molecule has 35 heavy (non-hydrogen) atoms. The number of nitrogens with zero attached hydrogens (tertiary/aromatic N) is 5. The molecule has 0 aliphatic carbocycles. The molecule has 1 aliphatic rings. The largest absolute Gasteiger partial charge is 0.480 e. The topological polar surface area (TPSA) is 80.6 Å². The van der Waals surface area contributed by atoms with Crippen molar-refractivity contribution in [1.29, 1.82) is 0 Å². The summed E-state index contributed by atoms with van der Waals surface area (Å²) in [5.74, 6) is 0.597. The second-order valence-corrected chi connectivity index (χ2v) is 9.10. The van der Waals surface area contributed by atoms with E-state index >= 15 is 0 Å². The van der Waals surface area contributed by atoms with Crippen LogP contribution in [-0.4, -0.2) is 69.7 Å². The van der Waals surface area contributed by atoms with Gasteiger partial charge in [0.25, 0.3) is 5.91 Å². The van der Waals surface area contributed by atoms with E-state index in [0.29, 0.717) is 24.5 Å². The molecule has 0 N–H and O–H groups in total. The smallest absolute Gasteiger partial charge is 0.259 e. The molecular formula is C27H33N5O3. The highest BCUT2D eigenvalue weighted by molar-refractivity contribution is 5.96. The highest BCUT2D eigenvalue weighted by Gasteiger charge is 2.34. The number of pyridine rings is 1. The molecule has 1 unspecified atom stereocenters. The first-order chi connectivity index (χ1) is 17.0. The minimum atomic E-state index is -0.0630. The number of likely N-dealkylation sites (N-methyl/N-ethyl adjacent to an activating group) is 1. The highest BCUT2D eigenvalue weighted by atomic mass is 16.5. The van der Waals surface area contributed by atoms with E-state index in [1.807, 2.05) is 35.0 Å². The van der Waals surface area contributed by atoms with E-state index in [9.17, 15) is 9.59 Å². The third-order valence-corrected chi connectivity index (χ3v) is 7.00. The number of amides is 2. The van der Waals surface area contributed by atoms with Crippen molar-refractivity contribution < 1.29 is 14.3 Å². The fourth-order valence-corrected chi connectivity index (χ4v) is 4.89. The summed E-state index contributed by atoms with van der Waals surface area (Å²) in [6.07, 6.45) is 7.53. The van der Waals surface area contributed by atoms with Crippen LogP contribution in [-0.2, 0) is 17.8 Å². The molecule has 1 atom stereocenters. The average molecular weight is 476 g/mol. The summed E-state index contributed by atoms with van der Waals surface area (Å²) in [6, 6.07) is 13.7. The summed E-state index contributed by atoms with van der Waals surface area (Å²) in [5.41, 5.74) is 2.95. The van der Waals surface area contributed by atoms with Crippen molar-refractivity contribution in [3.8, 4) is 5.88 Å². The van der Waals surface area contributed by atoms with Crippen LogP contribution in [0.4, 0.5) is 0 Å². The molecule has 2 amide bonds. The van der Waals surface area contributed by atoms with Crippen LogP contribution in [0.1, 0.15) is 34.3 Å². The number of hydrogen-bond donors (Lipinski definition) is 0. The van der Waals surface area contributed by atoms with Gasteiger partial charge >= 0.3 is 0 Å². The van der Waals surface area contributed by atoms with E-state index in [2.05, 4.69) is 29.1 Å². The number of rotatable bonds is 8. The number of carbonyl (C=O) groups is 2. The second kappa shape index (κ2) is 11.2. The predicted octanol–water partition coefficient (Wildman–Crippen LogP) is 3.22. The monoisotopic (exact) mass is 475 g/mol. The third kappa shape index (κ3) is 5.70. The van der Waals surface area contributed by atoms with Gasteiger partial charge in [0, 0.05) is 44.8 Å². The quantitative estimate of drug-likeness (QED) is 0.500. The molecule has 1 aromatic carbocycles. The molecule has 0 saturated carbocycles. The van der Waals surface area contributed by atoms with Gasteiger partial charge in [-0.05, 0) is 61.4 Å². The molecule has 0 radical (unpaired) electrons. The number of hydrogen-bond acceptors (Lipinski definition) is 5. The lowest BCUT2D eigenvalue weighted by atomic mass is 9.84. The van der Waals surface area contributed by atoms with Crippen molar-refractivity contribution >= 4 is 11.8 Å². The van der Waals surface area contributed by atoms with Crippen LogP contribution in [0, 0.1) is 12.8 Å². The van der Waals surface area contributed by atoms with Gasteiger partial charge in [0.15, 0.2) is 0 Å². The first-order valence-electron chi connectivity index (χ1n) is 12.0. The summed E-state index contributed by atoms with van der Waals surface area (Å²) < 4.78 is 6.94. The number of carbonyl (C=O) groups excluding carboxylic acids is 2. The van der Waals surface area contributed by atoms with Gasteiger partial charge in [0.2, 0.25) is 11.8 Å². The van der Waals surface area contributed by atoms with Crippen molar-refractivity contribution in [3.05, 3.63) is 77.7 Å². The normalized spacial score (nSPS) is 15.0. The molecule has 0 bridgehead atoms. The lowest BCUT2D eigenvalue weighted by molar-refractivity contribution is -0.134. The highest BCUT2D eigenvalue weighted by Crippen LogP contribution is 2.29. The van der Waals surface area contributed by atoms with Crippen molar-refractivity contribution in [2.75, 3.05) is 27.2 Å². The fourth-order valence-electron chi connectivity index (χ4n) is 4.89. The average Bonchev–Trinajstić information content (AvgIpc) is 3.40. The Balaban J connectivity index is 1.49. The van der Waals surface area contributed by atoms with Crippen LogP contribution in [0.15, 0.2) is 61.1 Å². The molecule has 3 aromatic rings. The molecule has 2 aromatic heterocycles. The lowest BCUT2D eigenvalue weighted by Crippen LogP contribution is -2.49. The summed E-state index contributed by atoms with van der Waals surface area (Å²) in [7, 11) is 3.42. The van der Waals surface area contributed by atoms with Gasteiger partial charge in [0.1, 0.15) is 12.1 Å². The molecule has 1 aliphatic heterocycles. The SMILES string of the molecule is COc1ncccc1C(=O)N1CCC(C(Cc2ccccc2C)N(C)C(=O)Cn2cccn2)CC1. The van der Waals surface area contributed by atoms with Crippen LogP contribution in [0.3, 0.4) is 0 Å². The van der Waals surface area contributed by atoms with Gasteiger partial charge in [-0.2, -0.15) is 5.10 Å². The molecular weight excluding hydrogens is 442 g/mol. The summed E-state index contributed by atoms with van der Waals surface area (Å²) in [6.45, 7) is 3.59. The standard InChI is InChI=1S/C27H33N5O3/c1-20-8-4-5-9-22(20)18-24(30(2)25(33)19-32-15-7-14-29-32)21-11-16-31(17-12-21)27(34)23-10-6-13-28-26(23)35-3/h4-10,13-15,21,24H,11-12,16-19H2,1-3H3. The number of piperidine rings is 1. The fraction of sp³-hybridized carbons (Fsp3) is 0.407. The van der Waals surface area contributed by atoms with Crippen molar-refractivity contribution in [2.45, 2.75) is 38.8 Å². The number of ether oxygens (including phenoxy) is 1. The van der Waals surface area contributed by atoms with Gasteiger partial charge < -0.3 is 14.5 Å². The Morgan fingerprint density at radius 1 is 1.11 bits per heavy atom. The Morgan fingerprint density at radius 2 is 1.89 bits per heavy atom. The Kier molecular flexibility index (Phi) is 7.80. The minimum Gasteiger partial charge on any atom is -0.480 e. The Hall–Kier alpha value is -3.68. The molecule has 1 fully saturated rings. The van der Waals surface area contributed by atoms with Gasteiger partial charge in [-0.3, -0.25) is 14.3 Å². The first-order valence-corrected chi connectivity index (χ1v) is 12.0. The van der Waals surface area contributed by atoms with E-state index in [1.54, 1.807) is 35.4 Å². The van der Waals surface area contributed by atoms with E-state index in [-0.39, 0.29) is 30.3 Å². The van der Waals surface area contributed by atoms with E-state index in [0.717, 1.165) is 19.3 Å². The molecule has 1 saturated heterocycles. The van der Waals surface area contributed by atoms with Crippen molar-refractivity contribution in [3.63, 3.8) is 0 Å².